The van der Waals surface area contributed by atoms with Crippen LogP contribution >= 0.6 is 0 Å². The number of pyridine rings is 2. The molecule has 102 valence electrons. The van der Waals surface area contributed by atoms with Crippen LogP contribution in [-0.4, -0.2) is 19.6 Å². The molecule has 0 aliphatic carbocycles. The van der Waals surface area contributed by atoms with Gasteiger partial charge in [0.1, 0.15) is 0 Å². The van der Waals surface area contributed by atoms with Crippen molar-refractivity contribution in [2.75, 3.05) is 5.73 Å². The monoisotopic (exact) mass is 275 g/mol. The van der Waals surface area contributed by atoms with Crippen molar-refractivity contribution in [3.8, 4) is 11.1 Å². The van der Waals surface area contributed by atoms with Crippen molar-refractivity contribution in [2.45, 2.75) is 6.92 Å². The number of nitrogen functional groups attached to an aromatic ring is 1. The van der Waals surface area contributed by atoms with Crippen LogP contribution in [0, 0.1) is 6.92 Å². The summed E-state index contributed by atoms with van der Waals surface area (Å²) < 4.78 is 1.71. The van der Waals surface area contributed by atoms with Gasteiger partial charge in [0.15, 0.2) is 5.65 Å². The Morgan fingerprint density at radius 3 is 2.86 bits per heavy atom. The van der Waals surface area contributed by atoms with Crippen molar-refractivity contribution in [3.63, 3.8) is 0 Å². The average molecular weight is 275 g/mol. The Morgan fingerprint density at radius 1 is 1.10 bits per heavy atom. The third-order valence-corrected chi connectivity index (χ3v) is 3.62. The van der Waals surface area contributed by atoms with E-state index in [1.807, 2.05) is 30.6 Å². The zero-order valence-corrected chi connectivity index (χ0v) is 11.5. The standard InChI is InChI=1S/C16H13N5/c1-10-8-14-19-16(17)20-21(14)9-13(10)12-6-2-4-11-5-3-7-18-15(11)12/h2-9H,1H3,(H2,17,20). The van der Waals surface area contributed by atoms with Gasteiger partial charge in [-0.3, -0.25) is 4.98 Å². The summed E-state index contributed by atoms with van der Waals surface area (Å²) in [5.74, 6) is 0.280. The molecule has 5 nitrogen and oxygen atoms in total. The molecule has 2 N–H and O–H groups in total. The molecular formula is C16H13N5. The number of nitrogens with two attached hydrogens (primary N) is 1. The first-order chi connectivity index (χ1) is 10.2. The van der Waals surface area contributed by atoms with E-state index >= 15 is 0 Å². The maximum Gasteiger partial charge on any atom is 0.240 e. The molecular weight excluding hydrogens is 262 g/mol. The SMILES string of the molecule is Cc1cc2nc(N)nn2cc1-c1cccc2cccnc12. The minimum atomic E-state index is 0.280. The molecule has 0 amide bonds. The second-order valence-electron chi connectivity index (χ2n) is 5.02. The van der Waals surface area contributed by atoms with Crippen molar-refractivity contribution >= 4 is 22.5 Å². The van der Waals surface area contributed by atoms with Gasteiger partial charge >= 0.3 is 0 Å². The van der Waals surface area contributed by atoms with Crippen LogP contribution in [0.15, 0.2) is 48.8 Å². The molecule has 0 fully saturated rings. The Balaban J connectivity index is 2.06. The minimum Gasteiger partial charge on any atom is -0.366 e. The van der Waals surface area contributed by atoms with Crippen LogP contribution in [0.5, 0.6) is 0 Å². The summed E-state index contributed by atoms with van der Waals surface area (Å²) in [5, 5.41) is 5.30. The summed E-state index contributed by atoms with van der Waals surface area (Å²) in [5.41, 5.74) is 10.7. The van der Waals surface area contributed by atoms with Gasteiger partial charge in [-0.1, -0.05) is 24.3 Å². The first-order valence-electron chi connectivity index (χ1n) is 6.69. The summed E-state index contributed by atoms with van der Waals surface area (Å²) in [4.78, 5) is 8.70. The number of aryl methyl sites for hydroxylation is 1. The van der Waals surface area contributed by atoms with Gasteiger partial charge in [0.25, 0.3) is 0 Å². The van der Waals surface area contributed by atoms with Gasteiger partial charge < -0.3 is 5.73 Å². The number of fused-ring (bicyclic) bond motifs is 2. The third-order valence-electron chi connectivity index (χ3n) is 3.62. The Kier molecular flexibility index (Phi) is 2.41. The number of para-hydroxylation sites is 1. The van der Waals surface area contributed by atoms with Crippen LogP contribution in [0.4, 0.5) is 5.95 Å². The highest BCUT2D eigenvalue weighted by atomic mass is 15.3. The van der Waals surface area contributed by atoms with Crippen LogP contribution in [0.2, 0.25) is 0 Å². The molecule has 0 radical (unpaired) electrons. The van der Waals surface area contributed by atoms with E-state index < -0.39 is 0 Å². The fourth-order valence-corrected chi connectivity index (χ4v) is 2.64. The Morgan fingerprint density at radius 2 is 1.95 bits per heavy atom. The van der Waals surface area contributed by atoms with Crippen LogP contribution in [-0.2, 0) is 0 Å². The lowest BCUT2D eigenvalue weighted by atomic mass is 10.00. The highest BCUT2D eigenvalue weighted by molar-refractivity contribution is 5.94. The predicted octanol–water partition coefficient (Wildman–Crippen LogP) is 2.84. The van der Waals surface area contributed by atoms with Crippen LogP contribution < -0.4 is 5.73 Å². The summed E-state index contributed by atoms with van der Waals surface area (Å²) in [6.45, 7) is 2.06. The van der Waals surface area contributed by atoms with Gasteiger partial charge in [0, 0.05) is 28.9 Å². The molecule has 0 aliphatic heterocycles. The van der Waals surface area contributed by atoms with Gasteiger partial charge in [-0.25, -0.2) is 4.52 Å². The number of benzene rings is 1. The molecule has 0 atom stereocenters. The molecule has 0 unspecified atom stereocenters. The van der Waals surface area contributed by atoms with Gasteiger partial charge in [0.2, 0.25) is 5.95 Å². The molecule has 4 rings (SSSR count). The number of rotatable bonds is 1. The second kappa shape index (κ2) is 4.28. The lowest BCUT2D eigenvalue weighted by molar-refractivity contribution is 0.966. The molecule has 21 heavy (non-hydrogen) atoms. The van der Waals surface area contributed by atoms with Crippen molar-refractivity contribution < 1.29 is 0 Å². The maximum atomic E-state index is 5.66. The quantitative estimate of drug-likeness (QED) is 0.580. The molecule has 3 heterocycles. The molecule has 0 saturated carbocycles. The summed E-state index contributed by atoms with van der Waals surface area (Å²) in [6.07, 6.45) is 3.77. The molecule has 4 aromatic rings. The molecule has 0 bridgehead atoms. The predicted molar refractivity (Wildman–Crippen MR) is 82.9 cm³/mol. The number of hydrogen-bond acceptors (Lipinski definition) is 4. The first kappa shape index (κ1) is 11.8. The second-order valence-corrected chi connectivity index (χ2v) is 5.02. The van der Waals surface area contributed by atoms with E-state index in [-0.39, 0.29) is 5.95 Å². The Hall–Kier alpha value is -2.95. The van der Waals surface area contributed by atoms with E-state index in [1.165, 1.54) is 0 Å². The van der Waals surface area contributed by atoms with E-state index in [0.717, 1.165) is 33.2 Å². The maximum absolute atomic E-state index is 5.66. The zero-order valence-electron chi connectivity index (χ0n) is 11.5. The van der Waals surface area contributed by atoms with Gasteiger partial charge in [-0.2, -0.15) is 4.98 Å². The van der Waals surface area contributed by atoms with E-state index in [4.69, 9.17) is 5.73 Å². The van der Waals surface area contributed by atoms with E-state index in [2.05, 4.69) is 40.2 Å². The fourth-order valence-electron chi connectivity index (χ4n) is 2.64. The normalized spacial score (nSPS) is 11.3. The smallest absolute Gasteiger partial charge is 0.240 e. The number of hydrogen-bond donors (Lipinski definition) is 1. The molecule has 0 spiro atoms. The van der Waals surface area contributed by atoms with Crippen molar-refractivity contribution in [1.29, 1.82) is 0 Å². The molecule has 0 saturated heterocycles. The Labute approximate surface area is 121 Å². The molecule has 0 aliphatic rings. The van der Waals surface area contributed by atoms with Crippen LogP contribution in [0.3, 0.4) is 0 Å². The number of aromatic nitrogens is 4. The van der Waals surface area contributed by atoms with Crippen molar-refractivity contribution in [3.05, 3.63) is 54.4 Å². The van der Waals surface area contributed by atoms with E-state index in [9.17, 15) is 0 Å². The number of nitrogens with zero attached hydrogens (tertiary/aromatic N) is 4. The van der Waals surface area contributed by atoms with Crippen LogP contribution in [0.1, 0.15) is 5.56 Å². The highest BCUT2D eigenvalue weighted by Crippen LogP contribution is 2.29. The van der Waals surface area contributed by atoms with Crippen molar-refractivity contribution in [2.24, 2.45) is 0 Å². The average Bonchev–Trinajstić information content (AvgIpc) is 2.85. The van der Waals surface area contributed by atoms with Gasteiger partial charge in [-0.15, -0.1) is 5.10 Å². The summed E-state index contributed by atoms with van der Waals surface area (Å²) in [6, 6.07) is 12.2. The largest absolute Gasteiger partial charge is 0.366 e. The third kappa shape index (κ3) is 1.82. The summed E-state index contributed by atoms with van der Waals surface area (Å²) >= 11 is 0. The molecule has 1 aromatic carbocycles. The highest BCUT2D eigenvalue weighted by Gasteiger charge is 2.10. The first-order valence-corrected chi connectivity index (χ1v) is 6.69. The summed E-state index contributed by atoms with van der Waals surface area (Å²) in [7, 11) is 0. The fraction of sp³-hybridized carbons (Fsp3) is 0.0625. The van der Waals surface area contributed by atoms with E-state index in [0.29, 0.717) is 0 Å². The lowest BCUT2D eigenvalue weighted by Crippen LogP contribution is -1.94. The van der Waals surface area contributed by atoms with Crippen LogP contribution in [0.25, 0.3) is 27.7 Å². The molecule has 3 aromatic heterocycles. The number of anilines is 1. The molecule has 5 heteroatoms. The minimum absolute atomic E-state index is 0.280. The topological polar surface area (TPSA) is 69.1 Å². The van der Waals surface area contributed by atoms with Gasteiger partial charge in [-0.05, 0) is 24.6 Å². The van der Waals surface area contributed by atoms with Crippen molar-refractivity contribution in [1.82, 2.24) is 19.6 Å². The zero-order chi connectivity index (χ0) is 14.4. The Bertz CT molecular complexity index is 966. The van der Waals surface area contributed by atoms with E-state index in [1.54, 1.807) is 4.52 Å². The van der Waals surface area contributed by atoms with Gasteiger partial charge in [0.05, 0.1) is 5.52 Å². The lowest BCUT2D eigenvalue weighted by Gasteiger charge is -2.09.